The average Bonchev–Trinajstić information content (AvgIpc) is 3.46. The van der Waals surface area contributed by atoms with Crippen LogP contribution in [0.3, 0.4) is 0 Å². The van der Waals surface area contributed by atoms with Crippen LogP contribution in [0.2, 0.25) is 0 Å². The molecule has 4 saturated carbocycles. The van der Waals surface area contributed by atoms with E-state index in [2.05, 4.69) is 49.0 Å². The highest BCUT2D eigenvalue weighted by Gasteiger charge is 2.66. The van der Waals surface area contributed by atoms with Crippen LogP contribution in [0.15, 0.2) is 36.5 Å². The number of esters is 2. The van der Waals surface area contributed by atoms with Crippen LogP contribution in [0.1, 0.15) is 149 Å². The Morgan fingerprint density at radius 3 is 2.15 bits per heavy atom. The third-order valence-corrected chi connectivity index (χ3v) is 12.8. The van der Waals surface area contributed by atoms with Gasteiger partial charge in [0.05, 0.1) is 30.5 Å². The van der Waals surface area contributed by atoms with E-state index in [9.17, 15) is 14.4 Å². The number of carbonyl (C=O) groups excluding carboxylic acids is 3. The molecule has 1 N–H and O–H groups in total. The Bertz CT molecular complexity index is 2170. The van der Waals surface area contributed by atoms with Crippen molar-refractivity contribution in [2.75, 3.05) is 31.6 Å². The summed E-state index contributed by atoms with van der Waals surface area (Å²) in [5, 5.41) is 8.54. The van der Waals surface area contributed by atoms with Gasteiger partial charge < -0.3 is 29.2 Å². The summed E-state index contributed by atoms with van der Waals surface area (Å²) >= 11 is 0. The normalized spacial score (nSPS) is 25.5. The van der Waals surface area contributed by atoms with Crippen molar-refractivity contribution in [3.05, 3.63) is 53.5 Å². The molecule has 1 aliphatic heterocycles. The molecule has 2 atom stereocenters. The van der Waals surface area contributed by atoms with Gasteiger partial charge in [-0.15, -0.1) is 0 Å². The first-order chi connectivity index (χ1) is 28.7. The van der Waals surface area contributed by atoms with Gasteiger partial charge in [0.2, 0.25) is 0 Å². The van der Waals surface area contributed by atoms with E-state index in [1.807, 2.05) is 80.6 Å². The van der Waals surface area contributed by atoms with E-state index in [-0.39, 0.29) is 46.5 Å². The highest BCUT2D eigenvalue weighted by Crippen LogP contribution is 2.72. The van der Waals surface area contributed by atoms with Crippen LogP contribution in [0, 0.1) is 23.2 Å². The molecule has 62 heavy (non-hydrogen) atoms. The highest BCUT2D eigenvalue weighted by molar-refractivity contribution is 5.96. The van der Waals surface area contributed by atoms with E-state index in [0.29, 0.717) is 24.4 Å². The molecule has 0 spiro atoms. The summed E-state index contributed by atoms with van der Waals surface area (Å²) in [5.74, 6) is -0.821. The van der Waals surface area contributed by atoms with Crippen LogP contribution in [0.5, 0.6) is 0 Å². The van der Waals surface area contributed by atoms with Crippen molar-refractivity contribution in [2.45, 2.75) is 170 Å². The van der Waals surface area contributed by atoms with Gasteiger partial charge in [-0.2, -0.15) is 5.10 Å². The molecule has 4 aliphatic carbocycles. The lowest BCUT2D eigenvalue weighted by Crippen LogP contribution is -2.64. The summed E-state index contributed by atoms with van der Waals surface area (Å²) in [6.07, 6.45) is 9.74. The zero-order valence-corrected chi connectivity index (χ0v) is 39.5. The van der Waals surface area contributed by atoms with Crippen molar-refractivity contribution < 1.29 is 33.3 Å². The number of aromatic nitrogens is 3. The number of ether oxygens (including phenoxy) is 4. The number of hydrogen-bond donors (Lipinski definition) is 1. The third kappa shape index (κ3) is 10.5. The first kappa shape index (κ1) is 45.6. The van der Waals surface area contributed by atoms with Gasteiger partial charge in [-0.05, 0) is 161 Å². The summed E-state index contributed by atoms with van der Waals surface area (Å²) in [7, 11) is 0. The monoisotopic (exact) mass is 854 g/mol. The Balaban J connectivity index is 1.13. The number of hydrogen-bond acceptors (Lipinski definition) is 10. The molecule has 12 nitrogen and oxygen atoms in total. The van der Waals surface area contributed by atoms with Gasteiger partial charge in [0.25, 0.3) is 0 Å². The van der Waals surface area contributed by atoms with E-state index in [0.717, 1.165) is 87.0 Å². The fourth-order valence-electron chi connectivity index (χ4n) is 11.9. The highest BCUT2D eigenvalue weighted by atomic mass is 16.6. The molecule has 8 rings (SSSR count). The Morgan fingerprint density at radius 2 is 1.48 bits per heavy atom. The topological polar surface area (TPSA) is 134 Å². The van der Waals surface area contributed by atoms with E-state index in [1.165, 1.54) is 5.56 Å². The second-order valence-corrected chi connectivity index (χ2v) is 22.8. The maximum atomic E-state index is 13.9. The van der Waals surface area contributed by atoms with Crippen LogP contribution in [0.4, 0.5) is 10.5 Å². The van der Waals surface area contributed by atoms with Gasteiger partial charge in [-0.1, -0.05) is 26.0 Å². The number of aryl methyl sites for hydroxylation is 1. The molecule has 338 valence electrons. The molecular weight excluding hydrogens is 783 g/mol. The first-order valence-corrected chi connectivity index (χ1v) is 22.7. The van der Waals surface area contributed by atoms with Crippen LogP contribution in [-0.4, -0.2) is 86.3 Å². The lowest BCUT2D eigenvalue weighted by Gasteiger charge is -2.69. The van der Waals surface area contributed by atoms with Crippen molar-refractivity contribution in [1.29, 1.82) is 0 Å². The maximum absolute atomic E-state index is 13.9. The average molecular weight is 854 g/mol. The van der Waals surface area contributed by atoms with Crippen LogP contribution < -0.4 is 5.32 Å². The minimum absolute atomic E-state index is 0.0650. The van der Waals surface area contributed by atoms with Gasteiger partial charge in [0.15, 0.2) is 5.69 Å². The summed E-state index contributed by atoms with van der Waals surface area (Å²) in [5.41, 5.74) is 4.65. The van der Waals surface area contributed by atoms with E-state index in [1.54, 1.807) is 4.90 Å². The van der Waals surface area contributed by atoms with Gasteiger partial charge in [0, 0.05) is 54.3 Å². The number of anilines is 1. The van der Waals surface area contributed by atoms with Crippen LogP contribution in [-0.2, 0) is 36.7 Å². The van der Waals surface area contributed by atoms with E-state index >= 15 is 0 Å². The Hall–Kier alpha value is -4.45. The van der Waals surface area contributed by atoms with Crippen molar-refractivity contribution in [2.24, 2.45) is 16.2 Å². The quantitative estimate of drug-likeness (QED) is 0.139. The second kappa shape index (κ2) is 16.3. The summed E-state index contributed by atoms with van der Waals surface area (Å²) in [6, 6.07) is 10.4. The first-order valence-electron chi connectivity index (χ1n) is 22.7. The number of benzene rings is 1. The van der Waals surface area contributed by atoms with Gasteiger partial charge in [-0.25, -0.2) is 14.6 Å². The van der Waals surface area contributed by atoms with Crippen molar-refractivity contribution in [1.82, 2.24) is 19.7 Å². The standard InChI is InChI=1S/C50H71N5O7/c1-33-37(36-17-18-38(53-41(36)42(57)61-45(5,6)7)35-16-15-34-14-13-20-51-39(34)24-35)25-52-55(33)32-49-27-47(11)26-48(12,28-49)30-50(29-47,31-49)59-23-22-54(43(58)62-46(8,9)10)21-19-40(56)60-44(2,3)4/h15-18,24-25,51H,13-14,19-23,26-32H2,1-12H3. The lowest BCUT2D eigenvalue weighted by molar-refractivity contribution is -0.248. The van der Waals surface area contributed by atoms with E-state index in [4.69, 9.17) is 29.0 Å². The maximum Gasteiger partial charge on any atom is 0.410 e. The molecule has 1 amide bonds. The molecule has 0 radical (unpaired) electrons. The lowest BCUT2D eigenvalue weighted by atomic mass is 9.39. The summed E-state index contributed by atoms with van der Waals surface area (Å²) in [6.45, 7) is 26.1. The fraction of sp³-hybridized carbons (Fsp3) is 0.660. The molecule has 3 heterocycles. The summed E-state index contributed by atoms with van der Waals surface area (Å²) < 4.78 is 26.4. The molecule has 5 aliphatic rings. The minimum Gasteiger partial charge on any atom is -0.460 e. The molecular formula is C50H71N5O7. The molecule has 3 aromatic rings. The third-order valence-electron chi connectivity index (χ3n) is 12.8. The Kier molecular flexibility index (Phi) is 12.0. The van der Waals surface area contributed by atoms with Crippen LogP contribution >= 0.6 is 0 Å². The minimum atomic E-state index is -0.697. The Labute approximate surface area is 369 Å². The zero-order chi connectivity index (χ0) is 45.1. The number of nitrogens with one attached hydrogen (secondary N) is 1. The van der Waals surface area contributed by atoms with Crippen LogP contribution in [0.25, 0.3) is 22.4 Å². The van der Waals surface area contributed by atoms with Crippen molar-refractivity contribution >= 4 is 23.7 Å². The predicted molar refractivity (Wildman–Crippen MR) is 241 cm³/mol. The zero-order valence-electron chi connectivity index (χ0n) is 39.5. The van der Waals surface area contributed by atoms with Gasteiger partial charge in [0.1, 0.15) is 16.8 Å². The summed E-state index contributed by atoms with van der Waals surface area (Å²) in [4.78, 5) is 46.6. The molecule has 4 fully saturated rings. The predicted octanol–water partition coefficient (Wildman–Crippen LogP) is 10.3. The largest absolute Gasteiger partial charge is 0.460 e. The molecule has 12 heteroatoms. The molecule has 2 unspecified atom stereocenters. The molecule has 2 aromatic heterocycles. The molecule has 1 aromatic carbocycles. The van der Waals surface area contributed by atoms with Crippen molar-refractivity contribution in [3.63, 3.8) is 0 Å². The number of rotatable bonds is 12. The van der Waals surface area contributed by atoms with E-state index < -0.39 is 28.9 Å². The van der Waals surface area contributed by atoms with Gasteiger partial charge >= 0.3 is 18.0 Å². The number of nitrogens with zero attached hydrogens (tertiary/aromatic N) is 4. The smallest absolute Gasteiger partial charge is 0.410 e. The van der Waals surface area contributed by atoms with Crippen molar-refractivity contribution in [3.8, 4) is 22.4 Å². The van der Waals surface area contributed by atoms with Gasteiger partial charge in [-0.3, -0.25) is 9.48 Å². The number of pyridine rings is 1. The number of carbonyl (C=O) groups is 3. The number of amides is 1. The second-order valence-electron chi connectivity index (χ2n) is 22.8. The SMILES string of the molecule is Cc1c(-c2ccc(-c3ccc4c(c3)NCCC4)nc2C(=O)OC(C)(C)C)cnn1CC12CC3(C)CC(C)(C1)CC(OCCN(CCC(=O)OC(C)(C)C)C(=O)OC(C)(C)C)(C3)C2. The Morgan fingerprint density at radius 1 is 0.806 bits per heavy atom. The molecule has 4 bridgehead atoms. The fourth-order valence-corrected chi connectivity index (χ4v) is 11.9. The number of fused-ring (bicyclic) bond motifs is 1. The molecule has 0 saturated heterocycles.